The summed E-state index contributed by atoms with van der Waals surface area (Å²) in [6.45, 7) is 4.20. The largest absolute Gasteiger partial charge is 0.364 e. The van der Waals surface area contributed by atoms with Gasteiger partial charge in [0, 0.05) is 36.8 Å². The van der Waals surface area contributed by atoms with Crippen molar-refractivity contribution >= 4 is 22.5 Å². The van der Waals surface area contributed by atoms with Crippen LogP contribution in [0.25, 0.3) is 21.9 Å². The van der Waals surface area contributed by atoms with E-state index in [0.717, 1.165) is 35.2 Å². The van der Waals surface area contributed by atoms with E-state index in [1.807, 2.05) is 24.0 Å². The smallest absolute Gasteiger partial charge is 0.222 e. The van der Waals surface area contributed by atoms with Crippen LogP contribution in [-0.4, -0.2) is 27.5 Å². The lowest BCUT2D eigenvalue weighted by Gasteiger charge is -2.16. The first-order chi connectivity index (χ1) is 15.7. The number of nitrogens with zero attached hydrogens (tertiary/aromatic N) is 3. The van der Waals surface area contributed by atoms with E-state index in [1.54, 1.807) is 0 Å². The van der Waals surface area contributed by atoms with Gasteiger partial charge in [-0.3, -0.25) is 4.79 Å². The third-order valence-corrected chi connectivity index (χ3v) is 6.15. The van der Waals surface area contributed by atoms with Gasteiger partial charge in [0.05, 0.1) is 5.69 Å². The van der Waals surface area contributed by atoms with Crippen molar-refractivity contribution in [2.75, 3.05) is 11.9 Å². The summed E-state index contributed by atoms with van der Waals surface area (Å²) < 4.78 is 0. The number of likely N-dealkylation sites (tertiary alicyclic amines) is 1. The lowest BCUT2D eigenvalue weighted by molar-refractivity contribution is -0.128. The van der Waals surface area contributed by atoms with Crippen molar-refractivity contribution in [1.82, 2.24) is 15.1 Å². The first kappa shape index (κ1) is 20.2. The molecule has 0 bridgehead atoms. The van der Waals surface area contributed by atoms with Crippen LogP contribution in [0.15, 0.2) is 72.8 Å². The number of benzene rings is 3. The molecule has 0 saturated carbocycles. The summed E-state index contributed by atoms with van der Waals surface area (Å²) in [5, 5.41) is 14.4. The molecular formula is C27H26N4O. The predicted octanol–water partition coefficient (Wildman–Crippen LogP) is 5.34. The molecule has 32 heavy (non-hydrogen) atoms. The van der Waals surface area contributed by atoms with Crippen LogP contribution in [-0.2, 0) is 17.9 Å². The highest BCUT2D eigenvalue weighted by molar-refractivity contribution is 5.92. The van der Waals surface area contributed by atoms with Gasteiger partial charge < -0.3 is 10.2 Å². The van der Waals surface area contributed by atoms with Gasteiger partial charge in [0.2, 0.25) is 5.91 Å². The average Bonchev–Trinajstić information content (AvgIpc) is 3.24. The number of fused-ring (bicyclic) bond motifs is 1. The van der Waals surface area contributed by atoms with E-state index in [-0.39, 0.29) is 5.91 Å². The van der Waals surface area contributed by atoms with Gasteiger partial charge in [-0.05, 0) is 35.6 Å². The Bertz CT molecular complexity index is 1270. The minimum atomic E-state index is 0.261. The number of amides is 1. The van der Waals surface area contributed by atoms with Gasteiger partial charge >= 0.3 is 0 Å². The van der Waals surface area contributed by atoms with Crippen molar-refractivity contribution in [2.45, 2.75) is 32.9 Å². The molecule has 0 aliphatic carbocycles. The fourth-order valence-corrected chi connectivity index (χ4v) is 4.38. The minimum absolute atomic E-state index is 0.261. The van der Waals surface area contributed by atoms with Crippen LogP contribution in [0, 0.1) is 6.92 Å². The monoisotopic (exact) mass is 422 g/mol. The molecule has 1 N–H and O–H groups in total. The molecule has 1 aliphatic rings. The highest BCUT2D eigenvalue weighted by Gasteiger charge is 2.19. The average molecular weight is 423 g/mol. The van der Waals surface area contributed by atoms with Crippen LogP contribution in [0.5, 0.6) is 0 Å². The Labute approximate surface area is 188 Å². The SMILES string of the molecule is Cc1nnc(NCc2ccccc2-c2ccc(CN3CCCC3=O)cc2)c2ccccc12. The summed E-state index contributed by atoms with van der Waals surface area (Å²) in [6, 6.07) is 25.2. The maximum atomic E-state index is 11.9. The molecule has 1 saturated heterocycles. The zero-order chi connectivity index (χ0) is 21.9. The third kappa shape index (κ3) is 4.06. The summed E-state index contributed by atoms with van der Waals surface area (Å²) in [5.41, 5.74) is 5.65. The second kappa shape index (κ2) is 8.79. The molecule has 0 radical (unpaired) electrons. The number of aryl methyl sites for hydroxylation is 1. The zero-order valence-electron chi connectivity index (χ0n) is 18.2. The molecule has 1 fully saturated rings. The molecule has 3 aromatic carbocycles. The molecule has 0 unspecified atom stereocenters. The van der Waals surface area contributed by atoms with Gasteiger partial charge in [-0.1, -0.05) is 72.8 Å². The van der Waals surface area contributed by atoms with E-state index in [4.69, 9.17) is 0 Å². The maximum Gasteiger partial charge on any atom is 0.222 e. The molecule has 5 rings (SSSR count). The Kier molecular flexibility index (Phi) is 5.55. The van der Waals surface area contributed by atoms with E-state index in [0.29, 0.717) is 19.5 Å². The molecule has 1 aliphatic heterocycles. The molecule has 0 spiro atoms. The lowest BCUT2D eigenvalue weighted by atomic mass is 9.98. The van der Waals surface area contributed by atoms with Gasteiger partial charge in [0.1, 0.15) is 0 Å². The Morgan fingerprint density at radius 3 is 2.44 bits per heavy atom. The summed E-state index contributed by atoms with van der Waals surface area (Å²) in [5.74, 6) is 1.06. The molecule has 160 valence electrons. The van der Waals surface area contributed by atoms with Crippen molar-refractivity contribution in [2.24, 2.45) is 0 Å². The Morgan fingerprint density at radius 1 is 0.906 bits per heavy atom. The summed E-state index contributed by atoms with van der Waals surface area (Å²) in [4.78, 5) is 13.9. The van der Waals surface area contributed by atoms with Gasteiger partial charge in [-0.2, -0.15) is 5.10 Å². The fraction of sp³-hybridized carbons (Fsp3) is 0.222. The van der Waals surface area contributed by atoms with Crippen LogP contribution in [0.1, 0.15) is 29.7 Å². The van der Waals surface area contributed by atoms with Crippen LogP contribution in [0.3, 0.4) is 0 Å². The first-order valence-corrected chi connectivity index (χ1v) is 11.1. The number of hydrogen-bond acceptors (Lipinski definition) is 4. The van der Waals surface area contributed by atoms with Crippen LogP contribution in [0.2, 0.25) is 0 Å². The summed E-state index contributed by atoms with van der Waals surface area (Å²) >= 11 is 0. The molecule has 1 amide bonds. The van der Waals surface area contributed by atoms with Gasteiger partial charge in [-0.15, -0.1) is 5.10 Å². The number of carbonyl (C=O) groups excluding carboxylic acids is 1. The Hall–Kier alpha value is -3.73. The van der Waals surface area contributed by atoms with E-state index in [2.05, 4.69) is 76.2 Å². The van der Waals surface area contributed by atoms with Crippen molar-refractivity contribution in [3.8, 4) is 11.1 Å². The van der Waals surface area contributed by atoms with E-state index in [1.165, 1.54) is 22.3 Å². The number of carbonyl (C=O) groups is 1. The van der Waals surface area contributed by atoms with Crippen LogP contribution < -0.4 is 5.32 Å². The lowest BCUT2D eigenvalue weighted by Crippen LogP contribution is -2.23. The molecular weight excluding hydrogens is 396 g/mol. The van der Waals surface area contributed by atoms with Crippen molar-refractivity contribution in [3.63, 3.8) is 0 Å². The molecule has 2 heterocycles. The number of rotatable bonds is 6. The van der Waals surface area contributed by atoms with Gasteiger partial charge in [-0.25, -0.2) is 0 Å². The third-order valence-electron chi connectivity index (χ3n) is 6.15. The molecule has 0 atom stereocenters. The number of aromatic nitrogens is 2. The van der Waals surface area contributed by atoms with Crippen molar-refractivity contribution in [1.29, 1.82) is 0 Å². The predicted molar refractivity (Wildman–Crippen MR) is 128 cm³/mol. The highest BCUT2D eigenvalue weighted by Crippen LogP contribution is 2.27. The van der Waals surface area contributed by atoms with Crippen LogP contribution in [0.4, 0.5) is 5.82 Å². The Balaban J connectivity index is 1.36. The molecule has 5 nitrogen and oxygen atoms in total. The molecule has 4 aromatic rings. The van der Waals surface area contributed by atoms with Crippen molar-refractivity contribution < 1.29 is 4.79 Å². The van der Waals surface area contributed by atoms with Crippen LogP contribution >= 0.6 is 0 Å². The maximum absolute atomic E-state index is 11.9. The van der Waals surface area contributed by atoms with Crippen molar-refractivity contribution in [3.05, 3.63) is 89.6 Å². The number of hydrogen-bond donors (Lipinski definition) is 1. The second-order valence-electron chi connectivity index (χ2n) is 8.31. The fourth-order valence-electron chi connectivity index (χ4n) is 4.38. The van der Waals surface area contributed by atoms with Gasteiger partial charge in [0.25, 0.3) is 0 Å². The zero-order valence-corrected chi connectivity index (χ0v) is 18.2. The van der Waals surface area contributed by atoms with Gasteiger partial charge in [0.15, 0.2) is 5.82 Å². The Morgan fingerprint density at radius 2 is 1.66 bits per heavy atom. The first-order valence-electron chi connectivity index (χ1n) is 11.1. The normalized spacial score (nSPS) is 13.7. The summed E-state index contributed by atoms with van der Waals surface area (Å²) in [7, 11) is 0. The standard InChI is InChI=1S/C27H26N4O/c1-19-23-8-4-5-10-25(23)27(30-29-19)28-17-22-7-2-3-9-24(22)21-14-12-20(13-15-21)18-31-16-6-11-26(31)32/h2-5,7-10,12-15H,6,11,16-18H2,1H3,(H,28,30). The van der Waals surface area contributed by atoms with E-state index < -0.39 is 0 Å². The topological polar surface area (TPSA) is 58.1 Å². The molecule has 1 aromatic heterocycles. The molecule has 5 heteroatoms. The summed E-state index contributed by atoms with van der Waals surface area (Å²) in [6.07, 6.45) is 1.65. The second-order valence-corrected chi connectivity index (χ2v) is 8.31. The van der Waals surface area contributed by atoms with E-state index in [9.17, 15) is 4.79 Å². The highest BCUT2D eigenvalue weighted by atomic mass is 16.2. The quantitative estimate of drug-likeness (QED) is 0.456. The van der Waals surface area contributed by atoms with E-state index >= 15 is 0 Å². The minimum Gasteiger partial charge on any atom is -0.364 e. The number of nitrogens with one attached hydrogen (secondary N) is 1. The number of anilines is 1.